The van der Waals surface area contributed by atoms with Crippen molar-refractivity contribution in [3.8, 4) is 0 Å². The van der Waals surface area contributed by atoms with Gasteiger partial charge in [-0.25, -0.2) is 0 Å². The third-order valence-corrected chi connectivity index (χ3v) is 5.64. The van der Waals surface area contributed by atoms with Crippen molar-refractivity contribution < 1.29 is 4.74 Å². The van der Waals surface area contributed by atoms with Crippen molar-refractivity contribution in [2.45, 2.75) is 64.0 Å². The van der Waals surface area contributed by atoms with E-state index in [1.54, 1.807) is 0 Å². The Morgan fingerprint density at radius 2 is 2.00 bits per heavy atom. The van der Waals surface area contributed by atoms with Gasteiger partial charge in [0, 0.05) is 29.4 Å². The van der Waals surface area contributed by atoms with Crippen LogP contribution in [0.15, 0.2) is 0 Å². The van der Waals surface area contributed by atoms with E-state index in [-0.39, 0.29) is 5.41 Å². The monoisotopic (exact) mass is 303 g/mol. The van der Waals surface area contributed by atoms with Crippen LogP contribution in [0, 0.1) is 11.3 Å². The summed E-state index contributed by atoms with van der Waals surface area (Å²) < 4.78 is 5.96. The number of anilines is 2. The summed E-state index contributed by atoms with van der Waals surface area (Å²) in [6.07, 6.45) is 5.38. The number of ether oxygens (including phenoxy) is 1. The number of nitrogens with one attached hydrogen (secondary N) is 1. The molecule has 2 saturated carbocycles. The van der Waals surface area contributed by atoms with Crippen LogP contribution in [0.25, 0.3) is 0 Å². The van der Waals surface area contributed by atoms with Crippen LogP contribution in [-0.2, 0) is 10.2 Å². The Morgan fingerprint density at radius 1 is 1.23 bits per heavy atom. The molecular formula is C16H25N5O. The highest BCUT2D eigenvalue weighted by molar-refractivity contribution is 5.38. The van der Waals surface area contributed by atoms with Gasteiger partial charge < -0.3 is 15.8 Å². The molecule has 0 bridgehead atoms. The van der Waals surface area contributed by atoms with Crippen LogP contribution < -0.4 is 11.1 Å². The Bertz CT molecular complexity index is 593. The molecule has 3 atom stereocenters. The number of hydrogen-bond acceptors (Lipinski definition) is 6. The molecule has 3 N–H and O–H groups in total. The van der Waals surface area contributed by atoms with Gasteiger partial charge in [0.15, 0.2) is 0 Å². The molecule has 3 fully saturated rings. The molecule has 120 valence electrons. The van der Waals surface area contributed by atoms with E-state index in [2.05, 4.69) is 41.0 Å². The first-order valence-corrected chi connectivity index (χ1v) is 8.30. The summed E-state index contributed by atoms with van der Waals surface area (Å²) in [5.41, 5.74) is 6.06. The Hall–Kier alpha value is -1.43. The number of nitrogens with two attached hydrogens (primary N) is 1. The molecule has 4 rings (SSSR count). The summed E-state index contributed by atoms with van der Waals surface area (Å²) in [6.45, 7) is 7.15. The van der Waals surface area contributed by atoms with Gasteiger partial charge in [0.25, 0.3) is 0 Å². The van der Waals surface area contributed by atoms with Crippen molar-refractivity contribution in [2.24, 2.45) is 11.3 Å². The SMILES string of the molecule is CC(C)(C)c1nc(N)nc(NC2C3CCOC3C23CCC3)n1. The standard InChI is InChI=1S/C16H25N5O/c1-15(2,3)12-19-13(17)21-14(20-12)18-10-9-5-8-22-11(9)16(10)6-4-7-16/h9-11H,4-8H2,1-3H3,(H3,17,18,19,20,21). The van der Waals surface area contributed by atoms with E-state index in [9.17, 15) is 0 Å². The highest BCUT2D eigenvalue weighted by atomic mass is 16.5. The van der Waals surface area contributed by atoms with Gasteiger partial charge in [-0.1, -0.05) is 27.2 Å². The average molecular weight is 303 g/mol. The minimum atomic E-state index is -0.139. The van der Waals surface area contributed by atoms with Crippen LogP contribution >= 0.6 is 0 Å². The van der Waals surface area contributed by atoms with Crippen LogP contribution in [0.5, 0.6) is 0 Å². The third-order valence-electron chi connectivity index (χ3n) is 5.64. The van der Waals surface area contributed by atoms with Gasteiger partial charge in [-0.3, -0.25) is 0 Å². The van der Waals surface area contributed by atoms with Crippen molar-refractivity contribution in [1.29, 1.82) is 0 Å². The molecule has 3 aliphatic rings. The zero-order valence-electron chi connectivity index (χ0n) is 13.6. The van der Waals surface area contributed by atoms with E-state index in [1.165, 1.54) is 19.3 Å². The minimum absolute atomic E-state index is 0.139. The van der Waals surface area contributed by atoms with Gasteiger partial charge in [0.2, 0.25) is 11.9 Å². The van der Waals surface area contributed by atoms with E-state index in [0.29, 0.717) is 35.4 Å². The molecule has 1 spiro atoms. The summed E-state index contributed by atoms with van der Waals surface area (Å²) in [5, 5.41) is 3.57. The molecule has 0 aromatic carbocycles. The predicted octanol–water partition coefficient (Wildman–Crippen LogP) is 2.12. The molecule has 1 aromatic rings. The van der Waals surface area contributed by atoms with Crippen molar-refractivity contribution >= 4 is 11.9 Å². The molecule has 22 heavy (non-hydrogen) atoms. The number of fused-ring (bicyclic) bond motifs is 2. The fourth-order valence-electron chi connectivity index (χ4n) is 4.39. The molecule has 6 nitrogen and oxygen atoms in total. The van der Waals surface area contributed by atoms with Crippen molar-refractivity contribution in [1.82, 2.24) is 15.0 Å². The molecule has 3 unspecified atom stereocenters. The Morgan fingerprint density at radius 3 is 2.64 bits per heavy atom. The van der Waals surface area contributed by atoms with Crippen molar-refractivity contribution in [3.63, 3.8) is 0 Å². The fraction of sp³-hybridized carbons (Fsp3) is 0.812. The van der Waals surface area contributed by atoms with Gasteiger partial charge in [-0.05, 0) is 19.3 Å². The molecule has 1 saturated heterocycles. The van der Waals surface area contributed by atoms with Crippen molar-refractivity contribution in [3.05, 3.63) is 5.82 Å². The zero-order chi connectivity index (χ0) is 15.5. The molecule has 0 amide bonds. The smallest absolute Gasteiger partial charge is 0.228 e. The number of nitrogens with zero attached hydrogens (tertiary/aromatic N) is 3. The molecular weight excluding hydrogens is 278 g/mol. The summed E-state index contributed by atoms with van der Waals surface area (Å²) in [7, 11) is 0. The van der Waals surface area contributed by atoms with E-state index < -0.39 is 0 Å². The number of aromatic nitrogens is 3. The Labute approximate surface area is 131 Å². The molecule has 0 radical (unpaired) electrons. The summed E-state index contributed by atoms with van der Waals surface area (Å²) in [4.78, 5) is 13.2. The lowest BCUT2D eigenvalue weighted by Crippen LogP contribution is -2.69. The maximum atomic E-state index is 5.96. The maximum Gasteiger partial charge on any atom is 0.228 e. The molecule has 2 aliphatic carbocycles. The second-order valence-corrected chi connectivity index (χ2v) is 8.04. The van der Waals surface area contributed by atoms with Crippen LogP contribution in [0.4, 0.5) is 11.9 Å². The predicted molar refractivity (Wildman–Crippen MR) is 84.5 cm³/mol. The van der Waals surface area contributed by atoms with Gasteiger partial charge in [-0.2, -0.15) is 15.0 Å². The first-order chi connectivity index (χ1) is 10.4. The highest BCUT2D eigenvalue weighted by Gasteiger charge is 2.66. The number of rotatable bonds is 2. The molecule has 6 heteroatoms. The summed E-state index contributed by atoms with van der Waals surface area (Å²) in [5.74, 6) is 2.25. The molecule has 1 aliphatic heterocycles. The number of nitrogen functional groups attached to an aromatic ring is 1. The second kappa shape index (κ2) is 4.54. The normalized spacial score (nSPS) is 32.2. The first-order valence-electron chi connectivity index (χ1n) is 8.30. The second-order valence-electron chi connectivity index (χ2n) is 8.04. The molecule has 1 aromatic heterocycles. The lowest BCUT2D eigenvalue weighted by molar-refractivity contribution is -0.158. The van der Waals surface area contributed by atoms with Crippen molar-refractivity contribution in [2.75, 3.05) is 17.7 Å². The van der Waals surface area contributed by atoms with Gasteiger partial charge >= 0.3 is 0 Å². The van der Waals surface area contributed by atoms with Gasteiger partial charge in [0.1, 0.15) is 5.82 Å². The van der Waals surface area contributed by atoms with Crippen LogP contribution in [0.1, 0.15) is 52.3 Å². The number of hydrogen-bond donors (Lipinski definition) is 2. The minimum Gasteiger partial charge on any atom is -0.377 e. The van der Waals surface area contributed by atoms with Crippen LogP contribution in [0.2, 0.25) is 0 Å². The quantitative estimate of drug-likeness (QED) is 0.870. The zero-order valence-corrected chi connectivity index (χ0v) is 13.6. The summed E-state index contributed by atoms with van der Waals surface area (Å²) in [6, 6.07) is 0.420. The maximum absolute atomic E-state index is 5.96. The van der Waals surface area contributed by atoms with Crippen LogP contribution in [-0.4, -0.2) is 33.7 Å². The summed E-state index contributed by atoms with van der Waals surface area (Å²) >= 11 is 0. The molecule has 2 heterocycles. The fourth-order valence-corrected chi connectivity index (χ4v) is 4.39. The first kappa shape index (κ1) is 14.2. The average Bonchev–Trinajstić information content (AvgIpc) is 2.78. The largest absolute Gasteiger partial charge is 0.377 e. The Kier molecular flexibility index (Phi) is 2.92. The van der Waals surface area contributed by atoms with Gasteiger partial charge in [0.05, 0.1) is 6.10 Å². The third kappa shape index (κ3) is 1.93. The van der Waals surface area contributed by atoms with Crippen LogP contribution in [0.3, 0.4) is 0 Å². The van der Waals surface area contributed by atoms with E-state index >= 15 is 0 Å². The lowest BCUT2D eigenvalue weighted by atomic mass is 9.46. The highest BCUT2D eigenvalue weighted by Crippen LogP contribution is 2.63. The van der Waals surface area contributed by atoms with E-state index in [4.69, 9.17) is 10.5 Å². The van der Waals surface area contributed by atoms with Gasteiger partial charge in [-0.15, -0.1) is 0 Å². The topological polar surface area (TPSA) is 86.0 Å². The van der Waals surface area contributed by atoms with E-state index in [0.717, 1.165) is 18.9 Å². The van der Waals surface area contributed by atoms with E-state index in [1.807, 2.05) is 0 Å². The lowest BCUT2D eigenvalue weighted by Gasteiger charge is -2.63. The Balaban J connectivity index is 1.60.